The molecule has 1 aromatic heterocycles. The van der Waals surface area contributed by atoms with E-state index in [0.29, 0.717) is 12.1 Å². The molecule has 0 radical (unpaired) electrons. The zero-order chi connectivity index (χ0) is 17.6. The molecule has 0 bridgehead atoms. The number of amides is 1. The van der Waals surface area contributed by atoms with Crippen molar-refractivity contribution < 1.29 is 14.3 Å². The van der Waals surface area contributed by atoms with Crippen molar-refractivity contribution in [3.8, 4) is 0 Å². The van der Waals surface area contributed by atoms with Crippen LogP contribution in [-0.4, -0.2) is 30.1 Å². The van der Waals surface area contributed by atoms with Crippen LogP contribution in [0.3, 0.4) is 0 Å². The minimum Gasteiger partial charge on any atom is -0.465 e. The van der Waals surface area contributed by atoms with E-state index in [1.54, 1.807) is 12.1 Å². The Hall–Kier alpha value is -3.08. The largest absolute Gasteiger partial charge is 0.465 e. The Balaban J connectivity index is 1.63. The standard InChI is InChI=1S/C20H20N2O3/c1-25-20(24)17-8-7-16-10-12-22(18(16)13-17)14-19(23)21-11-9-15-5-3-2-4-6-15/h2-8,10,12-13H,9,11,14H2,1H3,(H,21,23). The summed E-state index contributed by atoms with van der Waals surface area (Å²) in [6.07, 6.45) is 2.65. The van der Waals surface area contributed by atoms with Gasteiger partial charge in [0, 0.05) is 18.3 Å². The van der Waals surface area contributed by atoms with E-state index in [9.17, 15) is 9.59 Å². The monoisotopic (exact) mass is 336 g/mol. The summed E-state index contributed by atoms with van der Waals surface area (Å²) in [5.74, 6) is -0.445. The molecule has 3 aromatic rings. The van der Waals surface area contributed by atoms with Gasteiger partial charge >= 0.3 is 5.97 Å². The van der Waals surface area contributed by atoms with Gasteiger partial charge in [0.05, 0.1) is 12.7 Å². The van der Waals surface area contributed by atoms with Gasteiger partial charge in [-0.25, -0.2) is 4.79 Å². The van der Waals surface area contributed by atoms with Crippen LogP contribution < -0.4 is 5.32 Å². The summed E-state index contributed by atoms with van der Waals surface area (Å²) in [5, 5.41) is 3.91. The highest BCUT2D eigenvalue weighted by Gasteiger charge is 2.10. The number of carbonyl (C=O) groups is 2. The first-order chi connectivity index (χ1) is 12.2. The second-order valence-corrected chi connectivity index (χ2v) is 5.79. The zero-order valence-electron chi connectivity index (χ0n) is 14.1. The maximum atomic E-state index is 12.2. The van der Waals surface area contributed by atoms with Crippen molar-refractivity contribution in [1.29, 1.82) is 0 Å². The zero-order valence-corrected chi connectivity index (χ0v) is 14.1. The SMILES string of the molecule is COC(=O)c1ccc2ccn(CC(=O)NCCc3ccccc3)c2c1. The lowest BCUT2D eigenvalue weighted by atomic mass is 10.1. The molecule has 1 amide bonds. The van der Waals surface area contributed by atoms with Gasteiger partial charge in [-0.1, -0.05) is 36.4 Å². The average molecular weight is 336 g/mol. The molecule has 0 aliphatic heterocycles. The van der Waals surface area contributed by atoms with Crippen molar-refractivity contribution in [2.24, 2.45) is 0 Å². The van der Waals surface area contributed by atoms with Crippen molar-refractivity contribution in [1.82, 2.24) is 9.88 Å². The van der Waals surface area contributed by atoms with E-state index in [1.807, 2.05) is 53.2 Å². The maximum Gasteiger partial charge on any atom is 0.337 e. The summed E-state index contributed by atoms with van der Waals surface area (Å²) in [6.45, 7) is 0.804. The topological polar surface area (TPSA) is 60.3 Å². The number of aromatic nitrogens is 1. The number of rotatable bonds is 6. The fourth-order valence-electron chi connectivity index (χ4n) is 2.77. The van der Waals surface area contributed by atoms with Crippen molar-refractivity contribution in [3.63, 3.8) is 0 Å². The molecule has 1 N–H and O–H groups in total. The van der Waals surface area contributed by atoms with Gasteiger partial charge in [-0.3, -0.25) is 4.79 Å². The van der Waals surface area contributed by atoms with Gasteiger partial charge in [-0.15, -0.1) is 0 Å². The Kier molecular flexibility index (Phi) is 5.14. The minimum absolute atomic E-state index is 0.0584. The van der Waals surface area contributed by atoms with Gasteiger partial charge < -0.3 is 14.6 Å². The van der Waals surface area contributed by atoms with E-state index in [-0.39, 0.29) is 18.4 Å². The van der Waals surface area contributed by atoms with Crippen molar-refractivity contribution >= 4 is 22.8 Å². The molecule has 3 rings (SSSR count). The molecule has 0 aliphatic rings. The van der Waals surface area contributed by atoms with E-state index >= 15 is 0 Å². The molecule has 2 aromatic carbocycles. The molecule has 0 atom stereocenters. The predicted octanol–water partition coefficient (Wildman–Crippen LogP) is 2.79. The van der Waals surface area contributed by atoms with E-state index in [4.69, 9.17) is 4.74 Å². The molecule has 128 valence electrons. The van der Waals surface area contributed by atoms with Gasteiger partial charge in [-0.05, 0) is 35.6 Å². The molecular weight excluding hydrogens is 316 g/mol. The minimum atomic E-state index is -0.387. The van der Waals surface area contributed by atoms with Crippen LogP contribution in [0, 0.1) is 0 Å². The maximum absolute atomic E-state index is 12.2. The van der Waals surface area contributed by atoms with Crippen molar-refractivity contribution in [2.75, 3.05) is 13.7 Å². The number of nitrogens with one attached hydrogen (secondary N) is 1. The first-order valence-corrected chi connectivity index (χ1v) is 8.15. The first kappa shape index (κ1) is 16.8. The quantitative estimate of drug-likeness (QED) is 0.704. The van der Waals surface area contributed by atoms with Crippen molar-refractivity contribution in [3.05, 3.63) is 71.9 Å². The summed E-state index contributed by atoms with van der Waals surface area (Å²) in [4.78, 5) is 23.9. The molecule has 0 saturated heterocycles. The normalized spacial score (nSPS) is 10.6. The number of hydrogen-bond donors (Lipinski definition) is 1. The summed E-state index contributed by atoms with van der Waals surface area (Å²) < 4.78 is 6.58. The lowest BCUT2D eigenvalue weighted by molar-refractivity contribution is -0.121. The van der Waals surface area contributed by atoms with E-state index in [1.165, 1.54) is 12.7 Å². The Bertz CT molecular complexity index is 884. The van der Waals surface area contributed by atoms with Crippen LogP contribution in [0.25, 0.3) is 10.9 Å². The molecule has 0 fully saturated rings. The van der Waals surface area contributed by atoms with Crippen LogP contribution in [0.15, 0.2) is 60.8 Å². The molecule has 5 nitrogen and oxygen atoms in total. The van der Waals surface area contributed by atoms with Crippen LogP contribution in [0.2, 0.25) is 0 Å². The molecule has 5 heteroatoms. The molecule has 25 heavy (non-hydrogen) atoms. The second kappa shape index (κ2) is 7.66. The third-order valence-electron chi connectivity index (χ3n) is 4.09. The third-order valence-corrected chi connectivity index (χ3v) is 4.09. The fourth-order valence-corrected chi connectivity index (χ4v) is 2.77. The van der Waals surface area contributed by atoms with Gasteiger partial charge in [-0.2, -0.15) is 0 Å². The Morgan fingerprint density at radius 2 is 1.88 bits per heavy atom. The average Bonchev–Trinajstić information content (AvgIpc) is 3.04. The molecular formula is C20H20N2O3. The predicted molar refractivity (Wildman–Crippen MR) is 96.4 cm³/mol. The number of carbonyl (C=O) groups excluding carboxylic acids is 2. The fraction of sp³-hybridized carbons (Fsp3) is 0.200. The summed E-state index contributed by atoms with van der Waals surface area (Å²) in [7, 11) is 1.35. The Morgan fingerprint density at radius 3 is 2.64 bits per heavy atom. The molecule has 0 aliphatic carbocycles. The number of ether oxygens (including phenoxy) is 1. The first-order valence-electron chi connectivity index (χ1n) is 8.15. The van der Waals surface area contributed by atoms with Gasteiger partial charge in [0.2, 0.25) is 5.91 Å². The Labute approximate surface area is 146 Å². The van der Waals surface area contributed by atoms with Gasteiger partial charge in [0.15, 0.2) is 0 Å². The smallest absolute Gasteiger partial charge is 0.337 e. The van der Waals surface area contributed by atoms with E-state index in [0.717, 1.165) is 17.3 Å². The van der Waals surface area contributed by atoms with E-state index < -0.39 is 0 Å². The second-order valence-electron chi connectivity index (χ2n) is 5.79. The number of fused-ring (bicyclic) bond motifs is 1. The molecule has 0 saturated carbocycles. The van der Waals surface area contributed by atoms with E-state index in [2.05, 4.69) is 5.32 Å². The number of methoxy groups -OCH3 is 1. The van der Waals surface area contributed by atoms with Gasteiger partial charge in [0.1, 0.15) is 6.54 Å². The highest BCUT2D eigenvalue weighted by Crippen LogP contribution is 2.18. The van der Waals surface area contributed by atoms with Crippen LogP contribution in [0.4, 0.5) is 0 Å². The number of esters is 1. The van der Waals surface area contributed by atoms with Crippen LogP contribution in [0.5, 0.6) is 0 Å². The summed E-state index contributed by atoms with van der Waals surface area (Å²) >= 11 is 0. The highest BCUT2D eigenvalue weighted by molar-refractivity contribution is 5.95. The Morgan fingerprint density at radius 1 is 1.08 bits per heavy atom. The lowest BCUT2D eigenvalue weighted by Crippen LogP contribution is -2.29. The molecule has 1 heterocycles. The lowest BCUT2D eigenvalue weighted by Gasteiger charge is -2.08. The number of hydrogen-bond acceptors (Lipinski definition) is 3. The molecule has 0 spiro atoms. The van der Waals surface area contributed by atoms with Crippen LogP contribution >= 0.6 is 0 Å². The third kappa shape index (κ3) is 4.07. The van der Waals surface area contributed by atoms with Gasteiger partial charge in [0.25, 0.3) is 0 Å². The highest BCUT2D eigenvalue weighted by atomic mass is 16.5. The summed E-state index contributed by atoms with van der Waals surface area (Å²) in [6, 6.07) is 17.3. The molecule has 0 unspecified atom stereocenters. The van der Waals surface area contributed by atoms with Crippen LogP contribution in [-0.2, 0) is 22.5 Å². The van der Waals surface area contributed by atoms with Crippen LogP contribution in [0.1, 0.15) is 15.9 Å². The number of benzene rings is 2. The number of nitrogens with zero attached hydrogens (tertiary/aromatic N) is 1. The summed E-state index contributed by atoms with van der Waals surface area (Å²) in [5.41, 5.74) is 2.50. The van der Waals surface area contributed by atoms with Crippen molar-refractivity contribution in [2.45, 2.75) is 13.0 Å².